The highest BCUT2D eigenvalue weighted by Gasteiger charge is 2.16. The third-order valence-electron chi connectivity index (χ3n) is 1.81. The number of nitrogens with zero attached hydrogens (tertiary/aromatic N) is 1. The van der Waals surface area contributed by atoms with Crippen molar-refractivity contribution >= 4 is 11.6 Å². The Bertz CT molecular complexity index is 317. The fourth-order valence-corrected chi connectivity index (χ4v) is 1.38. The number of halogens is 3. The van der Waals surface area contributed by atoms with Crippen LogP contribution in [0.3, 0.4) is 0 Å². The minimum Gasteiger partial charge on any atom is -0.506 e. The number of pyridine rings is 1. The van der Waals surface area contributed by atoms with Gasteiger partial charge in [-0.3, -0.25) is 4.98 Å². The molecule has 13 heavy (non-hydrogen) atoms. The first-order valence-corrected chi connectivity index (χ1v) is 4.12. The van der Waals surface area contributed by atoms with E-state index in [1.807, 2.05) is 0 Å². The first kappa shape index (κ1) is 10.2. The molecule has 0 amide bonds. The normalized spacial score (nSPS) is 10.8. The first-order chi connectivity index (χ1) is 6.07. The second-order valence-corrected chi connectivity index (χ2v) is 2.83. The van der Waals surface area contributed by atoms with E-state index in [-0.39, 0.29) is 22.9 Å². The molecule has 0 fully saturated rings. The summed E-state index contributed by atoms with van der Waals surface area (Å²) in [7, 11) is 0. The predicted octanol–water partition coefficient (Wildman–Crippen LogP) is 2.77. The zero-order valence-corrected chi connectivity index (χ0v) is 7.65. The topological polar surface area (TPSA) is 33.1 Å². The molecule has 0 saturated carbocycles. The van der Waals surface area contributed by atoms with E-state index in [1.165, 1.54) is 6.92 Å². The predicted molar refractivity (Wildman–Crippen MR) is 45.2 cm³/mol. The zero-order chi connectivity index (χ0) is 10.0. The number of aromatic nitrogens is 1. The van der Waals surface area contributed by atoms with Crippen molar-refractivity contribution in [2.75, 3.05) is 0 Å². The fraction of sp³-hybridized carbons (Fsp3) is 0.375. The van der Waals surface area contributed by atoms with Gasteiger partial charge in [0, 0.05) is 5.56 Å². The quantitative estimate of drug-likeness (QED) is 0.757. The molecular weight excluding hydrogens is 200 g/mol. The van der Waals surface area contributed by atoms with Gasteiger partial charge in [-0.25, -0.2) is 8.78 Å². The molecule has 0 aliphatic rings. The lowest BCUT2D eigenvalue weighted by Gasteiger charge is -2.08. The van der Waals surface area contributed by atoms with Gasteiger partial charge in [-0.2, -0.15) is 0 Å². The molecule has 72 valence electrons. The summed E-state index contributed by atoms with van der Waals surface area (Å²) in [5.41, 5.74) is 0.241. The Morgan fingerprint density at radius 2 is 2.23 bits per heavy atom. The van der Waals surface area contributed by atoms with Crippen molar-refractivity contribution in [1.82, 2.24) is 4.98 Å². The Kier molecular flexibility index (Phi) is 3.03. The summed E-state index contributed by atoms with van der Waals surface area (Å²) in [6.07, 6.45) is -1.64. The Hall–Kier alpha value is -0.900. The third-order valence-corrected chi connectivity index (χ3v) is 2.08. The highest BCUT2D eigenvalue weighted by molar-refractivity contribution is 6.17. The zero-order valence-electron chi connectivity index (χ0n) is 6.89. The van der Waals surface area contributed by atoms with Crippen LogP contribution in [0.15, 0.2) is 6.20 Å². The molecule has 0 radical (unpaired) electrons. The molecule has 0 atom stereocenters. The average molecular weight is 208 g/mol. The lowest BCUT2D eigenvalue weighted by molar-refractivity contribution is 0.145. The summed E-state index contributed by atoms with van der Waals surface area (Å²) in [5, 5.41) is 9.21. The highest BCUT2D eigenvalue weighted by atomic mass is 35.5. The van der Waals surface area contributed by atoms with Gasteiger partial charge in [0.25, 0.3) is 6.43 Å². The standard InChI is InChI=1S/C8H8ClF2NO/c1-4-5(2-9)6(13)3-12-7(4)8(10)11/h3,8,13H,2H2,1H3. The summed E-state index contributed by atoms with van der Waals surface area (Å²) in [6.45, 7) is 1.46. The summed E-state index contributed by atoms with van der Waals surface area (Å²) < 4.78 is 24.6. The molecule has 1 aromatic rings. The molecule has 0 aromatic carbocycles. The highest BCUT2D eigenvalue weighted by Crippen LogP contribution is 2.28. The minimum absolute atomic E-state index is 0.0000926. The molecule has 1 N–H and O–H groups in total. The van der Waals surface area contributed by atoms with E-state index in [1.54, 1.807) is 0 Å². The molecule has 2 nitrogen and oxygen atoms in total. The van der Waals surface area contributed by atoms with E-state index in [9.17, 15) is 13.9 Å². The van der Waals surface area contributed by atoms with Crippen LogP contribution in [-0.4, -0.2) is 10.1 Å². The Morgan fingerprint density at radius 3 is 2.69 bits per heavy atom. The fourth-order valence-electron chi connectivity index (χ4n) is 1.04. The number of hydrogen-bond acceptors (Lipinski definition) is 2. The van der Waals surface area contributed by atoms with Crippen LogP contribution in [0.2, 0.25) is 0 Å². The average Bonchev–Trinajstić information content (AvgIpc) is 2.04. The van der Waals surface area contributed by atoms with Gasteiger partial charge in [-0.05, 0) is 12.5 Å². The van der Waals surface area contributed by atoms with Gasteiger partial charge in [0.05, 0.1) is 12.1 Å². The van der Waals surface area contributed by atoms with Crippen molar-refractivity contribution in [3.63, 3.8) is 0 Å². The molecule has 1 rings (SSSR count). The van der Waals surface area contributed by atoms with E-state index in [0.29, 0.717) is 5.56 Å². The van der Waals surface area contributed by atoms with Crippen molar-refractivity contribution in [3.05, 3.63) is 23.0 Å². The maximum atomic E-state index is 12.3. The molecular formula is C8H8ClF2NO. The molecule has 5 heteroatoms. The smallest absolute Gasteiger partial charge is 0.280 e. The van der Waals surface area contributed by atoms with Gasteiger partial charge in [-0.15, -0.1) is 11.6 Å². The molecule has 0 aliphatic heterocycles. The van der Waals surface area contributed by atoms with Gasteiger partial charge in [-0.1, -0.05) is 0 Å². The molecule has 0 unspecified atom stereocenters. The van der Waals surface area contributed by atoms with Crippen LogP contribution >= 0.6 is 11.6 Å². The summed E-state index contributed by atoms with van der Waals surface area (Å²) in [6, 6.07) is 0. The molecule has 0 bridgehead atoms. The SMILES string of the molecule is Cc1c(C(F)F)ncc(O)c1CCl. The van der Waals surface area contributed by atoms with Crippen molar-refractivity contribution < 1.29 is 13.9 Å². The van der Waals surface area contributed by atoms with Gasteiger partial charge in [0.1, 0.15) is 11.4 Å². The number of rotatable bonds is 2. The summed E-state index contributed by atoms with van der Waals surface area (Å²) >= 11 is 5.48. The van der Waals surface area contributed by atoms with E-state index in [0.717, 1.165) is 6.20 Å². The third kappa shape index (κ3) is 1.88. The largest absolute Gasteiger partial charge is 0.506 e. The molecule has 1 aromatic heterocycles. The Labute approximate surface area is 79.2 Å². The van der Waals surface area contributed by atoms with E-state index in [2.05, 4.69) is 4.98 Å². The van der Waals surface area contributed by atoms with Gasteiger partial charge >= 0.3 is 0 Å². The van der Waals surface area contributed by atoms with Crippen LogP contribution in [0.25, 0.3) is 0 Å². The number of hydrogen-bond donors (Lipinski definition) is 1. The monoisotopic (exact) mass is 207 g/mol. The molecule has 0 saturated heterocycles. The second kappa shape index (κ2) is 3.87. The maximum absolute atomic E-state index is 12.3. The van der Waals surface area contributed by atoms with Gasteiger partial charge < -0.3 is 5.11 Å². The lowest BCUT2D eigenvalue weighted by atomic mass is 10.1. The Morgan fingerprint density at radius 1 is 1.62 bits per heavy atom. The van der Waals surface area contributed by atoms with Crippen LogP contribution in [0.5, 0.6) is 5.75 Å². The molecule has 0 spiro atoms. The second-order valence-electron chi connectivity index (χ2n) is 2.57. The van der Waals surface area contributed by atoms with E-state index >= 15 is 0 Å². The van der Waals surface area contributed by atoms with E-state index < -0.39 is 6.43 Å². The minimum atomic E-state index is -2.64. The molecule has 0 aliphatic carbocycles. The summed E-state index contributed by atoms with van der Waals surface area (Å²) in [5.74, 6) is -0.142. The van der Waals surface area contributed by atoms with Crippen LogP contribution in [0.1, 0.15) is 23.2 Å². The first-order valence-electron chi connectivity index (χ1n) is 3.59. The maximum Gasteiger partial charge on any atom is 0.280 e. The lowest BCUT2D eigenvalue weighted by Crippen LogP contribution is -1.98. The number of alkyl halides is 3. The van der Waals surface area contributed by atoms with Crippen molar-refractivity contribution in [3.8, 4) is 5.75 Å². The Balaban J connectivity index is 3.27. The number of aromatic hydroxyl groups is 1. The summed E-state index contributed by atoms with van der Waals surface area (Å²) in [4.78, 5) is 3.43. The van der Waals surface area contributed by atoms with Crippen molar-refractivity contribution in [1.29, 1.82) is 0 Å². The van der Waals surface area contributed by atoms with Crippen LogP contribution in [0.4, 0.5) is 8.78 Å². The van der Waals surface area contributed by atoms with Gasteiger partial charge in [0.2, 0.25) is 0 Å². The van der Waals surface area contributed by atoms with Crippen molar-refractivity contribution in [2.24, 2.45) is 0 Å². The van der Waals surface area contributed by atoms with Crippen LogP contribution in [0, 0.1) is 6.92 Å². The molecule has 1 heterocycles. The van der Waals surface area contributed by atoms with Crippen LogP contribution in [-0.2, 0) is 5.88 Å². The van der Waals surface area contributed by atoms with Crippen molar-refractivity contribution in [2.45, 2.75) is 19.2 Å². The van der Waals surface area contributed by atoms with Crippen LogP contribution < -0.4 is 0 Å². The van der Waals surface area contributed by atoms with E-state index in [4.69, 9.17) is 11.6 Å². The van der Waals surface area contributed by atoms with Gasteiger partial charge in [0.15, 0.2) is 0 Å².